The average Bonchev–Trinajstić information content (AvgIpc) is 3.22. The lowest BCUT2D eigenvalue weighted by Crippen LogP contribution is -2.23. The lowest BCUT2D eigenvalue weighted by Gasteiger charge is -2.19. The van der Waals surface area contributed by atoms with Crippen molar-refractivity contribution in [2.45, 2.75) is 64.3 Å². The van der Waals surface area contributed by atoms with E-state index in [2.05, 4.69) is 35.5 Å². The van der Waals surface area contributed by atoms with Crippen LogP contribution in [0.15, 0.2) is 6.07 Å². The van der Waals surface area contributed by atoms with E-state index in [9.17, 15) is 0 Å². The third kappa shape index (κ3) is 3.22. The van der Waals surface area contributed by atoms with Gasteiger partial charge in [0.05, 0.1) is 0 Å². The number of aromatic nitrogens is 2. The Morgan fingerprint density at radius 3 is 2.60 bits per heavy atom. The van der Waals surface area contributed by atoms with Gasteiger partial charge in [0.1, 0.15) is 17.5 Å². The smallest absolute Gasteiger partial charge is 0.136 e. The third-order valence-electron chi connectivity index (χ3n) is 4.44. The van der Waals surface area contributed by atoms with Crippen molar-refractivity contribution < 1.29 is 0 Å². The second kappa shape index (κ2) is 5.98. The average molecular weight is 274 g/mol. The molecule has 1 aromatic rings. The van der Waals surface area contributed by atoms with E-state index in [4.69, 9.17) is 4.98 Å². The van der Waals surface area contributed by atoms with Crippen LogP contribution in [-0.2, 0) is 0 Å². The van der Waals surface area contributed by atoms with Gasteiger partial charge < -0.3 is 10.6 Å². The Balaban J connectivity index is 1.75. The fourth-order valence-electron chi connectivity index (χ4n) is 2.96. The highest BCUT2D eigenvalue weighted by atomic mass is 15.1. The molecular weight excluding hydrogens is 248 g/mol. The monoisotopic (exact) mass is 274 g/mol. The van der Waals surface area contributed by atoms with Gasteiger partial charge in [-0.2, -0.15) is 0 Å². The Labute approximate surface area is 121 Å². The van der Waals surface area contributed by atoms with Crippen LogP contribution in [0.3, 0.4) is 0 Å². The fourth-order valence-corrected chi connectivity index (χ4v) is 2.96. The van der Waals surface area contributed by atoms with Crippen LogP contribution >= 0.6 is 0 Å². The molecule has 3 rings (SSSR count). The van der Waals surface area contributed by atoms with E-state index < -0.39 is 0 Å². The highest BCUT2D eigenvalue weighted by Gasteiger charge is 2.28. The molecule has 0 bridgehead atoms. The molecule has 0 aliphatic heterocycles. The van der Waals surface area contributed by atoms with E-state index >= 15 is 0 Å². The lowest BCUT2D eigenvalue weighted by atomic mass is 10.1. The van der Waals surface area contributed by atoms with Gasteiger partial charge >= 0.3 is 0 Å². The van der Waals surface area contributed by atoms with Crippen molar-refractivity contribution in [1.82, 2.24) is 9.97 Å². The quantitative estimate of drug-likeness (QED) is 0.829. The van der Waals surface area contributed by atoms with Crippen LogP contribution in [0, 0.1) is 5.92 Å². The zero-order valence-corrected chi connectivity index (χ0v) is 12.7. The van der Waals surface area contributed by atoms with Crippen LogP contribution in [0.2, 0.25) is 0 Å². The third-order valence-corrected chi connectivity index (χ3v) is 4.44. The molecule has 0 saturated heterocycles. The second-order valence-electron chi connectivity index (χ2n) is 6.36. The molecule has 1 heterocycles. The fraction of sp³-hybridized carbons (Fsp3) is 0.750. The normalized spacial score (nSPS) is 25.7. The van der Waals surface area contributed by atoms with Gasteiger partial charge in [0.25, 0.3) is 0 Å². The summed E-state index contributed by atoms with van der Waals surface area (Å²) < 4.78 is 0. The molecular formula is C16H26N4. The van der Waals surface area contributed by atoms with Crippen molar-refractivity contribution >= 4 is 11.6 Å². The Morgan fingerprint density at radius 1 is 1.15 bits per heavy atom. The molecule has 2 N–H and O–H groups in total. The molecule has 2 saturated carbocycles. The zero-order valence-electron chi connectivity index (χ0n) is 12.7. The van der Waals surface area contributed by atoms with Gasteiger partial charge in [-0.1, -0.05) is 20.3 Å². The van der Waals surface area contributed by atoms with Gasteiger partial charge in [-0.3, -0.25) is 0 Å². The molecule has 20 heavy (non-hydrogen) atoms. The Morgan fingerprint density at radius 2 is 1.95 bits per heavy atom. The van der Waals surface area contributed by atoms with Crippen LogP contribution in [0.1, 0.15) is 64.1 Å². The van der Waals surface area contributed by atoms with E-state index in [-0.39, 0.29) is 0 Å². The molecule has 0 radical (unpaired) electrons. The van der Waals surface area contributed by atoms with Crippen LogP contribution < -0.4 is 10.6 Å². The number of anilines is 2. The molecule has 4 heteroatoms. The largest absolute Gasteiger partial charge is 0.370 e. The van der Waals surface area contributed by atoms with E-state index in [0.29, 0.717) is 12.0 Å². The van der Waals surface area contributed by atoms with Gasteiger partial charge in [0.2, 0.25) is 0 Å². The van der Waals surface area contributed by atoms with Gasteiger partial charge in [-0.05, 0) is 38.0 Å². The Kier molecular flexibility index (Phi) is 4.08. The molecule has 2 aliphatic carbocycles. The molecule has 0 aromatic carbocycles. The first-order chi connectivity index (χ1) is 9.76. The SMILES string of the molecule is CCCNc1cc(NC2CCCC2C)nc(C2CC2)n1. The molecule has 2 atom stereocenters. The van der Waals surface area contributed by atoms with Gasteiger partial charge in [0, 0.05) is 24.6 Å². The van der Waals surface area contributed by atoms with Gasteiger partial charge in [-0.15, -0.1) is 0 Å². The summed E-state index contributed by atoms with van der Waals surface area (Å²) in [6, 6.07) is 2.66. The topological polar surface area (TPSA) is 49.8 Å². The minimum Gasteiger partial charge on any atom is -0.370 e. The molecule has 110 valence electrons. The van der Waals surface area contributed by atoms with Crippen LogP contribution in [0.4, 0.5) is 11.6 Å². The minimum absolute atomic E-state index is 0.580. The summed E-state index contributed by atoms with van der Waals surface area (Å²) in [4.78, 5) is 9.40. The molecule has 1 aromatic heterocycles. The molecule has 2 unspecified atom stereocenters. The predicted molar refractivity (Wildman–Crippen MR) is 83.2 cm³/mol. The summed E-state index contributed by atoms with van der Waals surface area (Å²) in [5, 5.41) is 7.04. The highest BCUT2D eigenvalue weighted by Crippen LogP contribution is 2.39. The maximum atomic E-state index is 4.74. The maximum Gasteiger partial charge on any atom is 0.136 e. The first kappa shape index (κ1) is 13.7. The van der Waals surface area contributed by atoms with E-state index in [1.165, 1.54) is 32.1 Å². The molecule has 0 spiro atoms. The molecule has 2 aliphatic rings. The van der Waals surface area contributed by atoms with Gasteiger partial charge in [-0.25, -0.2) is 9.97 Å². The van der Waals surface area contributed by atoms with Crippen LogP contribution in [-0.4, -0.2) is 22.6 Å². The second-order valence-corrected chi connectivity index (χ2v) is 6.36. The van der Waals surface area contributed by atoms with E-state index in [1.807, 2.05) is 0 Å². The summed E-state index contributed by atoms with van der Waals surface area (Å²) in [6.45, 7) is 5.49. The Hall–Kier alpha value is -1.32. The zero-order chi connectivity index (χ0) is 13.9. The number of nitrogens with zero attached hydrogens (tertiary/aromatic N) is 2. The molecule has 0 amide bonds. The number of rotatable bonds is 6. The Bertz CT molecular complexity index is 456. The predicted octanol–water partition coefficient (Wildman–Crippen LogP) is 3.78. The minimum atomic E-state index is 0.580. The van der Waals surface area contributed by atoms with Crippen molar-refractivity contribution in [2.75, 3.05) is 17.2 Å². The maximum absolute atomic E-state index is 4.74. The summed E-state index contributed by atoms with van der Waals surface area (Å²) in [7, 11) is 0. The van der Waals surface area contributed by atoms with Crippen molar-refractivity contribution in [2.24, 2.45) is 5.92 Å². The van der Waals surface area contributed by atoms with Crippen LogP contribution in [0.25, 0.3) is 0 Å². The standard InChI is InChI=1S/C16H26N4/c1-3-9-17-14-10-15(18-13-6-4-5-11(13)2)20-16(19-14)12-7-8-12/h10-13H,3-9H2,1-2H3,(H2,17,18,19,20). The number of hydrogen-bond acceptors (Lipinski definition) is 4. The molecule has 2 fully saturated rings. The highest BCUT2D eigenvalue weighted by molar-refractivity contribution is 5.49. The first-order valence-corrected chi connectivity index (χ1v) is 8.15. The summed E-state index contributed by atoms with van der Waals surface area (Å²) >= 11 is 0. The van der Waals surface area contributed by atoms with E-state index in [0.717, 1.165) is 36.3 Å². The lowest BCUT2D eigenvalue weighted by molar-refractivity contribution is 0.554. The van der Waals surface area contributed by atoms with Crippen molar-refractivity contribution in [3.63, 3.8) is 0 Å². The number of hydrogen-bond donors (Lipinski definition) is 2. The van der Waals surface area contributed by atoms with Crippen molar-refractivity contribution in [3.8, 4) is 0 Å². The van der Waals surface area contributed by atoms with Crippen LogP contribution in [0.5, 0.6) is 0 Å². The summed E-state index contributed by atoms with van der Waals surface area (Å²) in [5.74, 6) is 4.37. The van der Waals surface area contributed by atoms with E-state index in [1.54, 1.807) is 0 Å². The summed E-state index contributed by atoms with van der Waals surface area (Å²) in [6.07, 6.45) is 7.54. The van der Waals surface area contributed by atoms with Crippen molar-refractivity contribution in [3.05, 3.63) is 11.9 Å². The number of nitrogens with one attached hydrogen (secondary N) is 2. The first-order valence-electron chi connectivity index (χ1n) is 8.15. The van der Waals surface area contributed by atoms with Crippen molar-refractivity contribution in [1.29, 1.82) is 0 Å². The summed E-state index contributed by atoms with van der Waals surface area (Å²) in [5.41, 5.74) is 0. The van der Waals surface area contributed by atoms with Gasteiger partial charge in [0.15, 0.2) is 0 Å². The molecule has 4 nitrogen and oxygen atoms in total.